The molecule has 1 unspecified atom stereocenters. The Balaban J connectivity index is 1.56. The van der Waals surface area contributed by atoms with Crippen LogP contribution in [0.15, 0.2) is 47.6 Å². The Hall–Kier alpha value is -2.85. The quantitative estimate of drug-likeness (QED) is 0.467. The number of ether oxygens (including phenoxy) is 2. The second-order valence-electron chi connectivity index (χ2n) is 5.86. The number of thiazole rings is 1. The predicted octanol–water partition coefficient (Wildman–Crippen LogP) is 3.44. The number of aromatic nitrogens is 4. The van der Waals surface area contributed by atoms with Crippen molar-refractivity contribution in [1.29, 1.82) is 0 Å². The SMILES string of the molecule is C=CCn1c(SC(C)C(=O)Nc2nccs2)nnc1-c1ccc2c(c1)OCO2. The third-order valence-electron chi connectivity index (χ3n) is 3.97. The summed E-state index contributed by atoms with van der Waals surface area (Å²) in [7, 11) is 0. The van der Waals surface area contributed by atoms with E-state index < -0.39 is 0 Å². The standard InChI is InChI=1S/C18H17N5O3S2/c1-3-7-23-15(12-4-5-13-14(9-12)26-10-25-13)21-22-18(23)28-11(2)16(24)20-17-19-6-8-27-17/h3-6,8-9,11H,1,7,10H2,2H3,(H,19,20,24). The van der Waals surface area contributed by atoms with Gasteiger partial charge >= 0.3 is 0 Å². The fraction of sp³-hybridized carbons (Fsp3) is 0.222. The van der Waals surface area contributed by atoms with Crippen molar-refractivity contribution in [3.05, 3.63) is 42.4 Å². The van der Waals surface area contributed by atoms with E-state index in [9.17, 15) is 4.79 Å². The zero-order valence-corrected chi connectivity index (χ0v) is 16.6. The minimum atomic E-state index is -0.374. The Kier molecular flexibility index (Phi) is 5.31. The molecule has 4 rings (SSSR count). The predicted molar refractivity (Wildman–Crippen MR) is 108 cm³/mol. The van der Waals surface area contributed by atoms with E-state index in [1.54, 1.807) is 12.3 Å². The molecule has 1 N–H and O–H groups in total. The number of benzene rings is 1. The molecule has 1 aliphatic heterocycles. The Labute approximate surface area is 169 Å². The molecule has 3 heterocycles. The summed E-state index contributed by atoms with van der Waals surface area (Å²) < 4.78 is 12.7. The number of nitrogens with zero attached hydrogens (tertiary/aromatic N) is 4. The van der Waals surface area contributed by atoms with Gasteiger partial charge in [-0.05, 0) is 25.1 Å². The number of nitrogens with one attached hydrogen (secondary N) is 1. The molecule has 0 fully saturated rings. The number of fused-ring (bicyclic) bond motifs is 1. The van der Waals surface area contributed by atoms with E-state index >= 15 is 0 Å². The molecule has 1 atom stereocenters. The summed E-state index contributed by atoms with van der Waals surface area (Å²) >= 11 is 2.71. The topological polar surface area (TPSA) is 91.2 Å². The number of carbonyl (C=O) groups excluding carboxylic acids is 1. The average molecular weight is 416 g/mol. The summed E-state index contributed by atoms with van der Waals surface area (Å²) in [4.78, 5) is 16.5. The largest absolute Gasteiger partial charge is 0.454 e. The number of rotatable bonds is 7. The Morgan fingerprint density at radius 2 is 2.29 bits per heavy atom. The number of hydrogen-bond donors (Lipinski definition) is 1. The molecule has 2 aromatic heterocycles. The third kappa shape index (κ3) is 3.73. The molecule has 1 amide bonds. The van der Waals surface area contributed by atoms with Crippen molar-refractivity contribution >= 4 is 34.1 Å². The molecule has 0 saturated carbocycles. The molecule has 0 spiro atoms. The van der Waals surface area contributed by atoms with Gasteiger partial charge < -0.3 is 14.8 Å². The van der Waals surface area contributed by atoms with Crippen molar-refractivity contribution in [2.75, 3.05) is 12.1 Å². The number of hydrogen-bond acceptors (Lipinski definition) is 8. The summed E-state index contributed by atoms with van der Waals surface area (Å²) in [5, 5.41) is 14.1. The Bertz CT molecular complexity index is 1000. The first kappa shape index (κ1) is 18.5. The van der Waals surface area contributed by atoms with Gasteiger partial charge in [-0.3, -0.25) is 9.36 Å². The van der Waals surface area contributed by atoms with Crippen LogP contribution in [0.25, 0.3) is 11.4 Å². The van der Waals surface area contributed by atoms with Gasteiger partial charge in [-0.2, -0.15) is 0 Å². The van der Waals surface area contributed by atoms with Crippen molar-refractivity contribution in [2.24, 2.45) is 0 Å². The van der Waals surface area contributed by atoms with Crippen LogP contribution in [0.5, 0.6) is 11.5 Å². The normalized spacial score (nSPS) is 13.3. The van der Waals surface area contributed by atoms with Crippen LogP contribution in [0.3, 0.4) is 0 Å². The maximum absolute atomic E-state index is 12.4. The Morgan fingerprint density at radius 1 is 1.43 bits per heavy atom. The second kappa shape index (κ2) is 8.03. The summed E-state index contributed by atoms with van der Waals surface area (Å²) in [5.41, 5.74) is 0.852. The molecular formula is C18H17N5O3S2. The van der Waals surface area contributed by atoms with E-state index in [4.69, 9.17) is 9.47 Å². The average Bonchev–Trinajstić information content (AvgIpc) is 3.43. The zero-order chi connectivity index (χ0) is 19.5. The monoisotopic (exact) mass is 415 g/mol. The third-order valence-corrected chi connectivity index (χ3v) is 5.74. The van der Waals surface area contributed by atoms with Gasteiger partial charge in [-0.1, -0.05) is 17.8 Å². The lowest BCUT2D eigenvalue weighted by Crippen LogP contribution is -2.22. The lowest BCUT2D eigenvalue weighted by molar-refractivity contribution is -0.115. The van der Waals surface area contributed by atoms with Crippen LogP contribution in [-0.2, 0) is 11.3 Å². The molecule has 0 aliphatic carbocycles. The van der Waals surface area contributed by atoms with Crippen LogP contribution in [0.1, 0.15) is 6.92 Å². The number of thioether (sulfide) groups is 1. The minimum absolute atomic E-state index is 0.141. The van der Waals surface area contributed by atoms with E-state index in [0.717, 1.165) is 5.56 Å². The van der Waals surface area contributed by atoms with Crippen LogP contribution in [0.2, 0.25) is 0 Å². The summed E-state index contributed by atoms with van der Waals surface area (Å²) in [6.45, 7) is 6.36. The van der Waals surface area contributed by atoms with Gasteiger partial charge in [-0.15, -0.1) is 28.1 Å². The first-order valence-corrected chi connectivity index (χ1v) is 10.2. The molecule has 1 aliphatic rings. The van der Waals surface area contributed by atoms with Gasteiger partial charge in [-0.25, -0.2) is 4.98 Å². The van der Waals surface area contributed by atoms with Crippen molar-refractivity contribution in [3.63, 3.8) is 0 Å². The van der Waals surface area contributed by atoms with Gasteiger partial charge in [0.25, 0.3) is 0 Å². The van der Waals surface area contributed by atoms with E-state index in [-0.39, 0.29) is 18.0 Å². The maximum Gasteiger partial charge on any atom is 0.239 e. The number of anilines is 1. The molecule has 3 aromatic rings. The summed E-state index contributed by atoms with van der Waals surface area (Å²) in [5.74, 6) is 1.92. The highest BCUT2D eigenvalue weighted by Gasteiger charge is 2.22. The lowest BCUT2D eigenvalue weighted by atomic mass is 10.2. The van der Waals surface area contributed by atoms with Gasteiger partial charge in [0.15, 0.2) is 27.6 Å². The van der Waals surface area contributed by atoms with Crippen molar-refractivity contribution in [2.45, 2.75) is 23.9 Å². The molecular weight excluding hydrogens is 398 g/mol. The van der Waals surface area contributed by atoms with Gasteiger partial charge in [0.1, 0.15) is 0 Å². The molecule has 10 heteroatoms. The van der Waals surface area contributed by atoms with Crippen LogP contribution in [-0.4, -0.2) is 37.7 Å². The van der Waals surface area contributed by atoms with Crippen molar-refractivity contribution < 1.29 is 14.3 Å². The molecule has 0 radical (unpaired) electrons. The van der Waals surface area contributed by atoms with E-state index in [0.29, 0.717) is 34.2 Å². The highest BCUT2D eigenvalue weighted by Crippen LogP contribution is 2.36. The highest BCUT2D eigenvalue weighted by atomic mass is 32.2. The molecule has 1 aromatic carbocycles. The fourth-order valence-electron chi connectivity index (χ4n) is 2.62. The van der Waals surface area contributed by atoms with Crippen molar-refractivity contribution in [3.8, 4) is 22.9 Å². The number of carbonyl (C=O) groups is 1. The first-order chi connectivity index (χ1) is 13.7. The molecule has 28 heavy (non-hydrogen) atoms. The first-order valence-electron chi connectivity index (χ1n) is 8.47. The van der Waals surface area contributed by atoms with E-state index in [1.807, 2.05) is 35.1 Å². The summed E-state index contributed by atoms with van der Waals surface area (Å²) in [6, 6.07) is 5.63. The maximum atomic E-state index is 12.4. The smallest absolute Gasteiger partial charge is 0.239 e. The molecule has 0 bridgehead atoms. The van der Waals surface area contributed by atoms with E-state index in [2.05, 4.69) is 27.1 Å². The number of amides is 1. The van der Waals surface area contributed by atoms with Crippen LogP contribution >= 0.6 is 23.1 Å². The highest BCUT2D eigenvalue weighted by molar-refractivity contribution is 8.00. The molecule has 8 nitrogen and oxygen atoms in total. The van der Waals surface area contributed by atoms with Gasteiger partial charge in [0, 0.05) is 23.7 Å². The van der Waals surface area contributed by atoms with Crippen LogP contribution in [0.4, 0.5) is 5.13 Å². The summed E-state index contributed by atoms with van der Waals surface area (Å²) in [6.07, 6.45) is 3.42. The second-order valence-corrected chi connectivity index (χ2v) is 8.06. The van der Waals surface area contributed by atoms with Gasteiger partial charge in [0.05, 0.1) is 5.25 Å². The molecule has 144 valence electrons. The molecule has 0 saturated heterocycles. The lowest BCUT2D eigenvalue weighted by Gasteiger charge is -2.12. The van der Waals surface area contributed by atoms with Crippen LogP contribution in [0, 0.1) is 0 Å². The van der Waals surface area contributed by atoms with E-state index in [1.165, 1.54) is 23.1 Å². The Morgan fingerprint density at radius 3 is 3.07 bits per heavy atom. The number of allylic oxidation sites excluding steroid dienone is 1. The minimum Gasteiger partial charge on any atom is -0.454 e. The van der Waals surface area contributed by atoms with Gasteiger partial charge in [0.2, 0.25) is 12.7 Å². The van der Waals surface area contributed by atoms with Crippen LogP contribution < -0.4 is 14.8 Å². The fourth-order valence-corrected chi connectivity index (χ4v) is 4.01. The zero-order valence-electron chi connectivity index (χ0n) is 15.0. The van der Waals surface area contributed by atoms with Crippen molar-refractivity contribution in [1.82, 2.24) is 19.7 Å².